The fourth-order valence-electron chi connectivity index (χ4n) is 4.96. The summed E-state index contributed by atoms with van der Waals surface area (Å²) in [7, 11) is 2.17. The summed E-state index contributed by atoms with van der Waals surface area (Å²) >= 11 is 0. The van der Waals surface area contributed by atoms with Gasteiger partial charge in [0.15, 0.2) is 0 Å². The number of halogens is 3. The number of nitrogens with zero attached hydrogens (tertiary/aromatic N) is 3. The maximum absolute atomic E-state index is 13.2. The van der Waals surface area contributed by atoms with E-state index >= 15 is 0 Å². The number of likely N-dealkylation sites (N-methyl/N-ethyl adjacent to an activating group) is 1. The summed E-state index contributed by atoms with van der Waals surface area (Å²) in [5, 5.41) is 0. The molecule has 0 amide bonds. The Morgan fingerprint density at radius 3 is 2.41 bits per heavy atom. The van der Waals surface area contributed by atoms with Crippen molar-refractivity contribution in [3.05, 3.63) is 40.2 Å². The second-order valence-corrected chi connectivity index (χ2v) is 8.47. The average Bonchev–Trinajstić information content (AvgIpc) is 3.04. The van der Waals surface area contributed by atoms with Crippen molar-refractivity contribution in [2.75, 3.05) is 33.2 Å². The van der Waals surface area contributed by atoms with Gasteiger partial charge in [0.05, 0.1) is 5.56 Å². The molecule has 6 heteroatoms. The van der Waals surface area contributed by atoms with E-state index in [-0.39, 0.29) is 5.92 Å². The minimum absolute atomic E-state index is 0.113. The molecule has 0 bridgehead atoms. The summed E-state index contributed by atoms with van der Waals surface area (Å²) in [4.78, 5) is 9.45. The van der Waals surface area contributed by atoms with Crippen LogP contribution in [0.4, 0.5) is 13.2 Å². The van der Waals surface area contributed by atoms with E-state index in [1.807, 2.05) is 0 Å². The van der Waals surface area contributed by atoms with Crippen LogP contribution in [0.1, 0.15) is 55.0 Å². The first kappa shape index (κ1) is 18.9. The first-order valence-corrected chi connectivity index (χ1v) is 9.98. The van der Waals surface area contributed by atoms with Crippen LogP contribution in [-0.4, -0.2) is 54.1 Å². The van der Waals surface area contributed by atoms with Crippen LogP contribution in [0.2, 0.25) is 0 Å². The highest BCUT2D eigenvalue weighted by atomic mass is 19.4. The van der Waals surface area contributed by atoms with E-state index < -0.39 is 11.7 Å². The molecular weight excluding hydrogens is 351 g/mol. The van der Waals surface area contributed by atoms with Crippen LogP contribution >= 0.6 is 0 Å². The third-order valence-electron chi connectivity index (χ3n) is 6.52. The fourth-order valence-corrected chi connectivity index (χ4v) is 4.96. The number of piperazine rings is 1. The molecule has 148 valence electrons. The Kier molecular flexibility index (Phi) is 5.06. The highest BCUT2D eigenvalue weighted by molar-refractivity contribution is 5.34. The number of pyridine rings is 1. The third kappa shape index (κ3) is 4.06. The Labute approximate surface area is 159 Å². The van der Waals surface area contributed by atoms with Crippen molar-refractivity contribution in [1.82, 2.24) is 14.8 Å². The molecule has 2 unspecified atom stereocenters. The molecule has 2 atom stereocenters. The van der Waals surface area contributed by atoms with Gasteiger partial charge in [-0.15, -0.1) is 0 Å². The highest BCUT2D eigenvalue weighted by Crippen LogP contribution is 2.46. The molecule has 2 aliphatic carbocycles. The molecular formula is C21H28F3N3. The molecule has 1 aromatic rings. The van der Waals surface area contributed by atoms with Crippen LogP contribution in [0.15, 0.2) is 23.3 Å². The predicted octanol–water partition coefficient (Wildman–Crippen LogP) is 4.38. The van der Waals surface area contributed by atoms with Gasteiger partial charge in [0.25, 0.3) is 0 Å². The number of alkyl halides is 3. The van der Waals surface area contributed by atoms with E-state index in [1.165, 1.54) is 23.6 Å². The number of hydrogen-bond donors (Lipinski definition) is 0. The van der Waals surface area contributed by atoms with Gasteiger partial charge < -0.3 is 4.90 Å². The van der Waals surface area contributed by atoms with Crippen LogP contribution < -0.4 is 0 Å². The van der Waals surface area contributed by atoms with Gasteiger partial charge in [-0.1, -0.05) is 11.1 Å². The van der Waals surface area contributed by atoms with E-state index in [4.69, 9.17) is 0 Å². The molecule has 3 nitrogen and oxygen atoms in total. The molecule has 3 aliphatic rings. The Balaban J connectivity index is 1.45. The molecule has 2 heterocycles. The smallest absolute Gasteiger partial charge is 0.304 e. The van der Waals surface area contributed by atoms with Gasteiger partial charge in [0.2, 0.25) is 0 Å². The van der Waals surface area contributed by atoms with Gasteiger partial charge in [-0.2, -0.15) is 13.2 Å². The second-order valence-electron chi connectivity index (χ2n) is 8.47. The van der Waals surface area contributed by atoms with Crippen molar-refractivity contribution >= 4 is 0 Å². The van der Waals surface area contributed by atoms with Gasteiger partial charge >= 0.3 is 6.18 Å². The largest absolute Gasteiger partial charge is 0.416 e. The van der Waals surface area contributed by atoms with Crippen molar-refractivity contribution in [2.45, 2.75) is 57.2 Å². The SMILES string of the molecule is Cc1cc(C(F)(F)F)cc(C2CC3=C(C2)CC(N2CCN(C)CC2)CC3)n1. The first-order valence-electron chi connectivity index (χ1n) is 9.98. The topological polar surface area (TPSA) is 19.4 Å². The zero-order valence-electron chi connectivity index (χ0n) is 16.1. The molecule has 4 rings (SSSR count). The van der Waals surface area contributed by atoms with E-state index in [0.29, 0.717) is 17.4 Å². The van der Waals surface area contributed by atoms with E-state index in [1.54, 1.807) is 6.92 Å². The molecule has 0 N–H and O–H groups in total. The van der Waals surface area contributed by atoms with E-state index in [0.717, 1.165) is 57.9 Å². The number of hydrogen-bond acceptors (Lipinski definition) is 3. The summed E-state index contributed by atoms with van der Waals surface area (Å²) in [6.45, 7) is 6.16. The summed E-state index contributed by atoms with van der Waals surface area (Å²) in [5.74, 6) is 0.113. The van der Waals surface area contributed by atoms with Gasteiger partial charge in [0, 0.05) is 49.5 Å². The van der Waals surface area contributed by atoms with Crippen LogP contribution in [0.25, 0.3) is 0 Å². The van der Waals surface area contributed by atoms with Gasteiger partial charge in [-0.25, -0.2) is 0 Å². The Hall–Kier alpha value is -1.40. The minimum atomic E-state index is -4.30. The van der Waals surface area contributed by atoms with Crippen molar-refractivity contribution in [3.8, 4) is 0 Å². The highest BCUT2D eigenvalue weighted by Gasteiger charge is 2.36. The second kappa shape index (κ2) is 7.21. The molecule has 0 aromatic carbocycles. The molecule has 27 heavy (non-hydrogen) atoms. The number of aromatic nitrogens is 1. The minimum Gasteiger partial charge on any atom is -0.304 e. The van der Waals surface area contributed by atoms with Crippen LogP contribution in [0.5, 0.6) is 0 Å². The van der Waals surface area contributed by atoms with Crippen molar-refractivity contribution in [3.63, 3.8) is 0 Å². The molecule has 1 aromatic heterocycles. The van der Waals surface area contributed by atoms with Crippen LogP contribution in [0.3, 0.4) is 0 Å². The maximum Gasteiger partial charge on any atom is 0.416 e. The molecule has 0 spiro atoms. The molecule has 1 aliphatic heterocycles. The van der Waals surface area contributed by atoms with Crippen molar-refractivity contribution in [1.29, 1.82) is 0 Å². The molecule has 0 radical (unpaired) electrons. The van der Waals surface area contributed by atoms with Gasteiger partial charge in [0.1, 0.15) is 0 Å². The van der Waals surface area contributed by atoms with Gasteiger partial charge in [-0.05, 0) is 58.2 Å². The lowest BCUT2D eigenvalue weighted by molar-refractivity contribution is -0.137. The Bertz CT molecular complexity index is 733. The quantitative estimate of drug-likeness (QED) is 0.711. The fraction of sp³-hybridized carbons (Fsp3) is 0.667. The van der Waals surface area contributed by atoms with E-state index in [9.17, 15) is 13.2 Å². The molecule has 1 saturated heterocycles. The average molecular weight is 379 g/mol. The lowest BCUT2D eigenvalue weighted by Gasteiger charge is -2.40. The predicted molar refractivity (Wildman–Crippen MR) is 99.7 cm³/mol. The normalized spacial score (nSPS) is 27.9. The van der Waals surface area contributed by atoms with Gasteiger partial charge in [-0.3, -0.25) is 9.88 Å². The van der Waals surface area contributed by atoms with E-state index in [2.05, 4.69) is 21.8 Å². The summed E-state index contributed by atoms with van der Waals surface area (Å²) in [6.07, 6.45) is 0.838. The summed E-state index contributed by atoms with van der Waals surface area (Å²) in [5.41, 5.74) is 3.49. The third-order valence-corrected chi connectivity index (χ3v) is 6.52. The van der Waals surface area contributed by atoms with Crippen molar-refractivity contribution in [2.24, 2.45) is 0 Å². The van der Waals surface area contributed by atoms with Crippen LogP contribution in [0, 0.1) is 6.92 Å². The Morgan fingerprint density at radius 1 is 1.00 bits per heavy atom. The monoisotopic (exact) mass is 379 g/mol. The molecule has 0 saturated carbocycles. The number of rotatable bonds is 2. The summed E-state index contributed by atoms with van der Waals surface area (Å²) in [6, 6.07) is 3.02. The summed E-state index contributed by atoms with van der Waals surface area (Å²) < 4.78 is 39.5. The lowest BCUT2D eigenvalue weighted by Crippen LogP contribution is -2.49. The standard InChI is InChI=1S/C21H28F3N3/c1-14-9-18(21(22,23)24)13-20(25-14)17-10-15-3-4-19(12-16(15)11-17)27-7-5-26(2)6-8-27/h9,13,17,19H,3-8,10-12H2,1-2H3. The zero-order valence-corrected chi connectivity index (χ0v) is 16.1. The van der Waals surface area contributed by atoms with Crippen LogP contribution in [-0.2, 0) is 6.18 Å². The van der Waals surface area contributed by atoms with Crippen molar-refractivity contribution < 1.29 is 13.2 Å². The number of aryl methyl sites for hydroxylation is 1. The number of allylic oxidation sites excluding steroid dienone is 1. The first-order chi connectivity index (χ1) is 12.8. The molecule has 1 fully saturated rings. The zero-order chi connectivity index (χ0) is 19.2. The lowest BCUT2D eigenvalue weighted by atomic mass is 9.89. The maximum atomic E-state index is 13.2. The Morgan fingerprint density at radius 2 is 1.70 bits per heavy atom.